The third-order valence-electron chi connectivity index (χ3n) is 12.8. The molecular weight excluding hydrogens is 750 g/mol. The van der Waals surface area contributed by atoms with Crippen LogP contribution in [0.3, 0.4) is 0 Å². The number of methoxy groups -OCH3 is 1. The van der Waals surface area contributed by atoms with Crippen LogP contribution in [0.4, 0.5) is 4.79 Å². The highest BCUT2D eigenvalue weighted by atomic mass is 16.6. The van der Waals surface area contributed by atoms with Gasteiger partial charge in [0.05, 0.1) is 36.9 Å². The largest absolute Gasteiger partial charge is 0.456 e. The summed E-state index contributed by atoms with van der Waals surface area (Å²) in [6.07, 6.45) is -9.13. The molecular formula is C44H57NO13. The number of nitrogens with one attached hydrogen (secondary N) is 1. The van der Waals surface area contributed by atoms with E-state index < -0.39 is 100 Å². The number of hydrogen-bond donors (Lipinski definition) is 4. The fourth-order valence-electron chi connectivity index (χ4n) is 9.95. The van der Waals surface area contributed by atoms with Crippen LogP contribution in [0.2, 0.25) is 0 Å². The summed E-state index contributed by atoms with van der Waals surface area (Å²) < 4.78 is 36.6. The van der Waals surface area contributed by atoms with Crippen molar-refractivity contribution in [3.63, 3.8) is 0 Å². The van der Waals surface area contributed by atoms with Gasteiger partial charge >= 0.3 is 18.0 Å². The average molecular weight is 808 g/mol. The van der Waals surface area contributed by atoms with Crippen molar-refractivity contribution < 1.29 is 62.9 Å². The fraction of sp³-hybridized carbons (Fsp3) is 0.591. The molecule has 1 saturated heterocycles. The summed E-state index contributed by atoms with van der Waals surface area (Å²) >= 11 is 0. The standard InChI is InChI=1S/C44H57NO13/c1-24-28(56-38(50)34(48)32(27-18-14-11-15-19-27)45-39(51)58-40(3,4)5)21-44(52)37(54-22-26-16-12-10-13-17-26)35-42(8,36(49)33(47)31(24)41(44,6)7)29(53-9)20-30-43(35,23-55-30)57-25(2)46/h10-19,28-30,32-35,37,47-48,52H,20-23H2,1-9H3,(H,45,51)/t28-,29-,30+,32-,33+,34+,35?,37-,42+,43-,44+/m0/s1. The first-order chi connectivity index (χ1) is 27.1. The second kappa shape index (κ2) is 15.8. The SMILES string of the molecule is CO[C@H]1C[C@H]2OC[C@@]2(OC(C)=O)C2[C@H](OCc3ccccc3)[C@]3(O)C[C@H](OC(=O)[C@H](O)[C@@H](NC(=O)OC(C)(C)C)c4ccccc4)C(C)=C([C@@H](O)C(=O)[C@@]21C)C3(C)C. The van der Waals surface area contributed by atoms with Crippen molar-refractivity contribution in [3.8, 4) is 0 Å². The Morgan fingerprint density at radius 2 is 1.64 bits per heavy atom. The van der Waals surface area contributed by atoms with Crippen LogP contribution in [0.1, 0.15) is 85.4 Å². The molecule has 1 aliphatic heterocycles. The summed E-state index contributed by atoms with van der Waals surface area (Å²) in [6.45, 7) is 12.8. The molecule has 2 bridgehead atoms. The lowest BCUT2D eigenvalue weighted by Gasteiger charge is -2.68. The summed E-state index contributed by atoms with van der Waals surface area (Å²) in [5.41, 5.74) is -5.93. The van der Waals surface area contributed by atoms with Crippen molar-refractivity contribution in [3.05, 3.63) is 82.9 Å². The number of rotatable bonds is 10. The molecule has 4 N–H and O–H groups in total. The van der Waals surface area contributed by atoms with Crippen LogP contribution in [0.25, 0.3) is 0 Å². The normalized spacial score (nSPS) is 33.8. The van der Waals surface area contributed by atoms with Gasteiger partial charge in [-0.05, 0) is 56.9 Å². The van der Waals surface area contributed by atoms with Crippen molar-refractivity contribution in [2.24, 2.45) is 16.7 Å². The first-order valence-corrected chi connectivity index (χ1v) is 19.7. The second-order valence-electron chi connectivity index (χ2n) is 17.8. The number of aliphatic hydroxyl groups excluding tert-OH is 2. The van der Waals surface area contributed by atoms with E-state index in [9.17, 15) is 29.7 Å². The number of ether oxygens (including phenoxy) is 6. The number of carbonyl (C=O) groups excluding carboxylic acids is 4. The van der Waals surface area contributed by atoms with Crippen LogP contribution in [0.5, 0.6) is 0 Å². The van der Waals surface area contributed by atoms with Gasteiger partial charge in [0.25, 0.3) is 0 Å². The summed E-state index contributed by atoms with van der Waals surface area (Å²) in [5.74, 6) is -3.60. The van der Waals surface area contributed by atoms with Gasteiger partial charge in [-0.3, -0.25) is 9.59 Å². The maximum absolute atomic E-state index is 15.2. The molecule has 0 radical (unpaired) electrons. The van der Waals surface area contributed by atoms with E-state index in [1.807, 2.05) is 30.3 Å². The molecule has 58 heavy (non-hydrogen) atoms. The highest BCUT2D eigenvalue weighted by Gasteiger charge is 2.77. The minimum Gasteiger partial charge on any atom is -0.456 e. The minimum atomic E-state index is -2.06. The topological polar surface area (TPSA) is 196 Å². The highest BCUT2D eigenvalue weighted by molar-refractivity contribution is 5.93. The van der Waals surface area contributed by atoms with Gasteiger partial charge in [0, 0.05) is 38.2 Å². The second-order valence-corrected chi connectivity index (χ2v) is 17.8. The molecule has 0 spiro atoms. The quantitative estimate of drug-likeness (QED) is 0.151. The van der Waals surface area contributed by atoms with E-state index in [4.69, 9.17) is 28.4 Å². The summed E-state index contributed by atoms with van der Waals surface area (Å²) in [6, 6.07) is 16.2. The molecule has 4 aliphatic rings. The first-order valence-electron chi connectivity index (χ1n) is 19.7. The van der Waals surface area contributed by atoms with E-state index in [0.29, 0.717) is 11.1 Å². The predicted molar refractivity (Wildman–Crippen MR) is 208 cm³/mol. The average Bonchev–Trinajstić information content (AvgIpc) is 3.15. The zero-order valence-electron chi connectivity index (χ0n) is 34.6. The van der Waals surface area contributed by atoms with Crippen molar-refractivity contribution in [2.45, 2.75) is 134 Å². The van der Waals surface area contributed by atoms with Crippen LogP contribution in [0.15, 0.2) is 71.8 Å². The van der Waals surface area contributed by atoms with E-state index in [1.165, 1.54) is 14.0 Å². The third kappa shape index (κ3) is 7.36. The number of ketones is 1. The van der Waals surface area contributed by atoms with Crippen LogP contribution < -0.4 is 5.32 Å². The number of aliphatic hydroxyl groups is 3. The van der Waals surface area contributed by atoms with Crippen molar-refractivity contribution in [1.29, 1.82) is 0 Å². The Labute approximate surface area is 339 Å². The number of amides is 1. The zero-order valence-corrected chi connectivity index (χ0v) is 34.6. The molecule has 6 rings (SSSR count). The van der Waals surface area contributed by atoms with Crippen LogP contribution in [-0.4, -0.2) is 106 Å². The monoisotopic (exact) mass is 807 g/mol. The van der Waals surface area contributed by atoms with Gasteiger partial charge in [-0.15, -0.1) is 0 Å². The molecule has 1 unspecified atom stereocenters. The summed E-state index contributed by atoms with van der Waals surface area (Å²) in [4.78, 5) is 55.2. The Hall–Kier alpha value is -4.18. The van der Waals surface area contributed by atoms with Crippen molar-refractivity contribution >= 4 is 23.8 Å². The van der Waals surface area contributed by atoms with E-state index in [0.717, 1.165) is 5.56 Å². The molecule has 3 fully saturated rings. The van der Waals surface area contributed by atoms with Gasteiger partial charge < -0.3 is 49.1 Å². The Bertz CT molecular complexity index is 1910. The van der Waals surface area contributed by atoms with E-state index >= 15 is 4.79 Å². The number of Topliss-reactive ketones (excluding diaryl/α,β-unsaturated/α-hetero) is 1. The zero-order chi connectivity index (χ0) is 42.6. The van der Waals surface area contributed by atoms with E-state index in [-0.39, 0.29) is 31.6 Å². The molecule has 2 saturated carbocycles. The Balaban J connectivity index is 1.48. The number of carbonyl (C=O) groups is 4. The lowest BCUT2D eigenvalue weighted by molar-refractivity contribution is -0.353. The number of hydrogen-bond acceptors (Lipinski definition) is 13. The molecule has 3 aliphatic carbocycles. The molecule has 11 atom stereocenters. The van der Waals surface area contributed by atoms with Gasteiger partial charge in [-0.1, -0.05) is 74.5 Å². The van der Waals surface area contributed by atoms with Gasteiger partial charge in [-0.25, -0.2) is 9.59 Å². The van der Waals surface area contributed by atoms with Crippen LogP contribution >= 0.6 is 0 Å². The maximum atomic E-state index is 15.2. The lowest BCUT2D eigenvalue weighted by Crippen LogP contribution is -2.81. The van der Waals surface area contributed by atoms with Crippen molar-refractivity contribution in [1.82, 2.24) is 5.32 Å². The van der Waals surface area contributed by atoms with Crippen LogP contribution in [-0.2, 0) is 49.4 Å². The number of esters is 2. The molecule has 2 aromatic rings. The van der Waals surface area contributed by atoms with Gasteiger partial charge in [-0.2, -0.15) is 0 Å². The first kappa shape index (κ1) is 43.4. The molecule has 2 aromatic carbocycles. The Kier molecular flexibility index (Phi) is 11.8. The number of alkyl carbamates (subject to hydrolysis) is 1. The fourth-order valence-corrected chi connectivity index (χ4v) is 9.95. The van der Waals surface area contributed by atoms with E-state index in [2.05, 4.69) is 5.32 Å². The maximum Gasteiger partial charge on any atom is 0.408 e. The van der Waals surface area contributed by atoms with Gasteiger partial charge in [0.2, 0.25) is 0 Å². The molecule has 14 nitrogen and oxygen atoms in total. The molecule has 1 heterocycles. The molecule has 0 aromatic heterocycles. The minimum absolute atomic E-state index is 0.0389. The van der Waals surface area contributed by atoms with Gasteiger partial charge in [0.1, 0.15) is 29.5 Å². The number of fused-ring (bicyclic) bond motifs is 5. The molecule has 316 valence electrons. The molecule has 1 amide bonds. The number of benzene rings is 2. The van der Waals surface area contributed by atoms with Crippen LogP contribution in [0, 0.1) is 16.7 Å². The highest BCUT2D eigenvalue weighted by Crippen LogP contribution is 2.64. The van der Waals surface area contributed by atoms with E-state index in [1.54, 1.807) is 78.8 Å². The molecule has 14 heteroatoms. The van der Waals surface area contributed by atoms with Gasteiger partial charge in [0.15, 0.2) is 17.5 Å². The Morgan fingerprint density at radius 3 is 2.19 bits per heavy atom. The smallest absolute Gasteiger partial charge is 0.408 e. The predicted octanol–water partition coefficient (Wildman–Crippen LogP) is 4.27. The Morgan fingerprint density at radius 1 is 1.02 bits per heavy atom. The third-order valence-corrected chi connectivity index (χ3v) is 12.8. The lowest BCUT2D eigenvalue weighted by atomic mass is 9.44. The van der Waals surface area contributed by atoms with Crippen molar-refractivity contribution in [2.75, 3.05) is 13.7 Å². The summed E-state index contributed by atoms with van der Waals surface area (Å²) in [7, 11) is 1.45. The summed E-state index contributed by atoms with van der Waals surface area (Å²) in [5, 5.41) is 40.1.